The van der Waals surface area contributed by atoms with E-state index < -0.39 is 20.5 Å². The van der Waals surface area contributed by atoms with Crippen LogP contribution >= 0.6 is 12.4 Å². The summed E-state index contributed by atoms with van der Waals surface area (Å²) >= 11 is 0. The molecule has 1 fully saturated rings. The van der Waals surface area contributed by atoms with E-state index in [-0.39, 0.29) is 24.7 Å². The molecule has 1 saturated heterocycles. The maximum Gasteiger partial charge on any atom is 0.341 e. The van der Waals surface area contributed by atoms with Gasteiger partial charge in [-0.2, -0.15) is 8.78 Å². The van der Waals surface area contributed by atoms with Gasteiger partial charge in [0.2, 0.25) is 15.7 Å². The van der Waals surface area contributed by atoms with Gasteiger partial charge in [-0.15, -0.1) is 12.4 Å². The van der Waals surface area contributed by atoms with E-state index in [1.54, 1.807) is 4.90 Å². The summed E-state index contributed by atoms with van der Waals surface area (Å²) in [6.07, 6.45) is 1.89. The van der Waals surface area contributed by atoms with Crippen LogP contribution in [0, 0.1) is 5.92 Å². The van der Waals surface area contributed by atoms with E-state index in [0.29, 0.717) is 31.1 Å². The Morgan fingerprint density at radius 2 is 1.75 bits per heavy atom. The number of rotatable bonds is 5. The summed E-state index contributed by atoms with van der Waals surface area (Å²) in [5.74, 6) is -3.04. The van der Waals surface area contributed by atoms with Gasteiger partial charge in [0, 0.05) is 13.1 Å². The Morgan fingerprint density at radius 1 is 1.21 bits per heavy atom. The molecule has 1 aromatic carbocycles. The summed E-state index contributed by atoms with van der Waals surface area (Å²) in [5, 5.41) is 0. The maximum atomic E-state index is 12.5. The average Bonchev–Trinajstić information content (AvgIpc) is 2.55. The van der Waals surface area contributed by atoms with Gasteiger partial charge in [-0.1, -0.05) is 12.1 Å². The zero-order valence-corrected chi connectivity index (χ0v) is 14.7. The number of hydrogen-bond acceptors (Lipinski definition) is 4. The van der Waals surface area contributed by atoms with Crippen molar-refractivity contribution in [1.82, 2.24) is 4.90 Å². The Balaban J connectivity index is 0.00000288. The number of carbonyl (C=O) groups excluding carboxylic acids is 1. The minimum atomic E-state index is -4.59. The topological polar surface area (TPSA) is 80.5 Å². The number of nitrogens with zero attached hydrogens (tertiary/aromatic N) is 1. The van der Waals surface area contributed by atoms with Crippen LogP contribution in [0.5, 0.6) is 0 Å². The van der Waals surface area contributed by atoms with Crippen molar-refractivity contribution in [3.05, 3.63) is 29.8 Å². The first-order valence-electron chi connectivity index (χ1n) is 7.43. The van der Waals surface area contributed by atoms with Crippen LogP contribution in [0.25, 0.3) is 0 Å². The molecule has 24 heavy (non-hydrogen) atoms. The van der Waals surface area contributed by atoms with Crippen molar-refractivity contribution >= 4 is 28.2 Å². The first-order valence-corrected chi connectivity index (χ1v) is 8.98. The van der Waals surface area contributed by atoms with Gasteiger partial charge in [-0.25, -0.2) is 8.42 Å². The van der Waals surface area contributed by atoms with Crippen molar-refractivity contribution in [2.24, 2.45) is 11.7 Å². The van der Waals surface area contributed by atoms with Crippen molar-refractivity contribution in [2.45, 2.75) is 29.9 Å². The van der Waals surface area contributed by atoms with Crippen LogP contribution in [0.15, 0.2) is 29.2 Å². The highest BCUT2D eigenvalue weighted by Gasteiger charge is 2.26. The Bertz CT molecular complexity index is 645. The summed E-state index contributed by atoms with van der Waals surface area (Å²) in [6, 6.07) is 5.04. The number of alkyl halides is 2. The smallest absolute Gasteiger partial charge is 0.341 e. The van der Waals surface area contributed by atoms with Crippen LogP contribution in [-0.4, -0.2) is 44.6 Å². The summed E-state index contributed by atoms with van der Waals surface area (Å²) in [6.45, 7) is 1.96. The van der Waals surface area contributed by atoms with Crippen LogP contribution in [0.4, 0.5) is 8.78 Å². The molecule has 0 aromatic heterocycles. The molecule has 1 aromatic rings. The molecule has 5 nitrogen and oxygen atoms in total. The van der Waals surface area contributed by atoms with Crippen LogP contribution in [0.1, 0.15) is 18.4 Å². The fraction of sp³-hybridized carbons (Fsp3) is 0.533. The fourth-order valence-electron chi connectivity index (χ4n) is 2.60. The fourth-order valence-corrected chi connectivity index (χ4v) is 3.33. The highest BCUT2D eigenvalue weighted by atomic mass is 35.5. The molecule has 1 aliphatic heterocycles. The molecular formula is C15H21ClF2N2O3S. The molecule has 0 radical (unpaired) electrons. The minimum absolute atomic E-state index is 0. The van der Waals surface area contributed by atoms with E-state index in [4.69, 9.17) is 5.73 Å². The molecule has 1 aliphatic rings. The summed E-state index contributed by atoms with van der Waals surface area (Å²) in [4.78, 5) is 13.5. The third kappa shape index (κ3) is 4.87. The van der Waals surface area contributed by atoms with E-state index in [1.165, 1.54) is 12.1 Å². The molecule has 1 heterocycles. The zero-order chi connectivity index (χ0) is 17.0. The van der Waals surface area contributed by atoms with Crippen LogP contribution in [-0.2, 0) is 21.1 Å². The number of benzene rings is 1. The number of hydrogen-bond donors (Lipinski definition) is 1. The molecular weight excluding hydrogens is 362 g/mol. The van der Waals surface area contributed by atoms with Gasteiger partial charge >= 0.3 is 5.76 Å². The number of carbonyl (C=O) groups is 1. The molecule has 0 unspecified atom stereocenters. The number of nitrogens with two attached hydrogens (primary N) is 1. The molecule has 2 N–H and O–H groups in total. The molecule has 0 saturated carbocycles. The van der Waals surface area contributed by atoms with Gasteiger partial charge in [-0.3, -0.25) is 4.79 Å². The van der Waals surface area contributed by atoms with Crippen molar-refractivity contribution in [1.29, 1.82) is 0 Å². The zero-order valence-electron chi connectivity index (χ0n) is 13.0. The minimum Gasteiger partial charge on any atom is -0.342 e. The monoisotopic (exact) mass is 382 g/mol. The molecule has 0 spiro atoms. The van der Waals surface area contributed by atoms with E-state index in [1.807, 2.05) is 0 Å². The largest absolute Gasteiger partial charge is 0.342 e. The predicted molar refractivity (Wildman–Crippen MR) is 88.9 cm³/mol. The van der Waals surface area contributed by atoms with Gasteiger partial charge in [0.05, 0.1) is 11.3 Å². The van der Waals surface area contributed by atoms with Gasteiger partial charge in [-0.05, 0) is 43.0 Å². The standard InChI is InChI=1S/C15H20F2N2O3S.ClH/c16-15(17)23(21,22)13-3-1-11(2-4-13)9-14(20)19-7-5-12(10-18)6-8-19;/h1-4,12,15H,5-10,18H2;1H. The molecule has 1 amide bonds. The van der Waals surface area contributed by atoms with Gasteiger partial charge < -0.3 is 10.6 Å². The lowest BCUT2D eigenvalue weighted by atomic mass is 9.96. The number of halogens is 3. The number of piperidine rings is 1. The molecule has 0 bridgehead atoms. The molecule has 2 rings (SSSR count). The maximum absolute atomic E-state index is 12.5. The van der Waals surface area contributed by atoms with Crippen molar-refractivity contribution in [3.63, 3.8) is 0 Å². The van der Waals surface area contributed by atoms with Crippen LogP contribution in [0.3, 0.4) is 0 Å². The Morgan fingerprint density at radius 3 is 2.21 bits per heavy atom. The Kier molecular flexibility index (Phi) is 7.56. The molecule has 0 aliphatic carbocycles. The van der Waals surface area contributed by atoms with Crippen molar-refractivity contribution in [3.8, 4) is 0 Å². The summed E-state index contributed by atoms with van der Waals surface area (Å²) in [5.41, 5.74) is 6.21. The van der Waals surface area contributed by atoms with E-state index >= 15 is 0 Å². The number of likely N-dealkylation sites (tertiary alicyclic amines) is 1. The second kappa shape index (κ2) is 8.73. The van der Waals surface area contributed by atoms with Crippen LogP contribution in [0.2, 0.25) is 0 Å². The third-order valence-electron chi connectivity index (χ3n) is 4.14. The second-order valence-corrected chi connectivity index (χ2v) is 7.60. The lowest BCUT2D eigenvalue weighted by Crippen LogP contribution is -2.40. The number of sulfone groups is 1. The Labute approximate surface area is 146 Å². The highest BCUT2D eigenvalue weighted by molar-refractivity contribution is 7.91. The third-order valence-corrected chi connectivity index (χ3v) is 5.54. The first-order chi connectivity index (χ1) is 10.8. The predicted octanol–water partition coefficient (Wildman–Crippen LogP) is 1.84. The molecule has 0 atom stereocenters. The molecule has 9 heteroatoms. The molecule has 136 valence electrons. The first kappa shape index (κ1) is 20.8. The van der Waals surface area contributed by atoms with Gasteiger partial charge in [0.15, 0.2) is 0 Å². The highest BCUT2D eigenvalue weighted by Crippen LogP contribution is 2.20. The van der Waals surface area contributed by atoms with Crippen molar-refractivity contribution in [2.75, 3.05) is 19.6 Å². The number of amides is 1. The van der Waals surface area contributed by atoms with Gasteiger partial charge in [0.1, 0.15) is 0 Å². The van der Waals surface area contributed by atoms with E-state index in [9.17, 15) is 22.0 Å². The van der Waals surface area contributed by atoms with Crippen LogP contribution < -0.4 is 5.73 Å². The van der Waals surface area contributed by atoms with E-state index in [2.05, 4.69) is 0 Å². The quantitative estimate of drug-likeness (QED) is 0.842. The summed E-state index contributed by atoms with van der Waals surface area (Å²) in [7, 11) is -4.59. The Hall–Kier alpha value is -1.25. The summed E-state index contributed by atoms with van der Waals surface area (Å²) < 4.78 is 47.6. The SMILES string of the molecule is Cl.NCC1CCN(C(=O)Cc2ccc(S(=O)(=O)C(F)F)cc2)CC1. The normalized spacial score (nSPS) is 16.1. The average molecular weight is 383 g/mol. The second-order valence-electron chi connectivity index (χ2n) is 5.69. The van der Waals surface area contributed by atoms with Crippen molar-refractivity contribution < 1.29 is 22.0 Å². The van der Waals surface area contributed by atoms with E-state index in [0.717, 1.165) is 25.0 Å². The lowest BCUT2D eigenvalue weighted by Gasteiger charge is -2.31. The lowest BCUT2D eigenvalue weighted by molar-refractivity contribution is -0.131. The van der Waals surface area contributed by atoms with Gasteiger partial charge in [0.25, 0.3) is 0 Å².